The van der Waals surface area contributed by atoms with Crippen LogP contribution in [-0.4, -0.2) is 32.0 Å². The van der Waals surface area contributed by atoms with Crippen molar-refractivity contribution < 1.29 is 27.6 Å². The van der Waals surface area contributed by atoms with E-state index in [1.54, 1.807) is 0 Å². The van der Waals surface area contributed by atoms with Gasteiger partial charge in [0.15, 0.2) is 0 Å². The second-order valence-electron chi connectivity index (χ2n) is 11.5. The molecule has 4 fully saturated rings. The average Bonchev–Trinajstić information content (AvgIpc) is 3.77. The van der Waals surface area contributed by atoms with Crippen LogP contribution in [0.5, 0.6) is 0 Å². The van der Waals surface area contributed by atoms with Crippen LogP contribution in [0.1, 0.15) is 12.8 Å². The molecule has 2 saturated heterocycles. The van der Waals surface area contributed by atoms with E-state index in [4.69, 9.17) is 0 Å². The number of allylic oxidation sites excluding steroid dienone is 4. The van der Waals surface area contributed by atoms with E-state index in [-0.39, 0.29) is 80.8 Å². The Kier molecular flexibility index (Phi) is 4.51. The van der Waals surface area contributed by atoms with Gasteiger partial charge in [-0.15, -0.1) is 0 Å². The summed E-state index contributed by atoms with van der Waals surface area (Å²) in [6.45, 7) is 0. The molecule has 2 saturated carbocycles. The number of hydrogen-bond donors (Lipinski definition) is 0. The number of sulfone groups is 1. The molecule has 0 aromatic heterocycles. The molecule has 4 amide bonds. The number of amides is 4. The molecule has 4 bridgehead atoms. The largest absolute Gasteiger partial charge is 0.274 e. The van der Waals surface area contributed by atoms with Crippen LogP contribution in [-0.2, 0) is 29.0 Å². The normalized spacial score (nSPS) is 35.6. The molecule has 2 aromatic rings. The van der Waals surface area contributed by atoms with Gasteiger partial charge in [0.25, 0.3) is 0 Å². The number of carbonyl (C=O) groups excluding carboxylic acids is 4. The third-order valence-electron chi connectivity index (χ3n) is 9.75. The first kappa shape index (κ1) is 23.1. The van der Waals surface area contributed by atoms with E-state index in [9.17, 15) is 27.6 Å². The SMILES string of the molecule is O=C1[C@@H]2[C@H](C(=O)N1c1ccc(S(=O)(=O)c3ccc(N4C(=O)[C@@H]5[C@H](C4=O)[C@H]4C=C[C@H]5C4)cc3)cc1)[C@H]1C=C[C@H]2C1. The molecule has 2 aromatic carbocycles. The van der Waals surface area contributed by atoms with E-state index in [0.717, 1.165) is 12.8 Å². The fourth-order valence-corrected chi connectivity index (χ4v) is 9.26. The smallest absolute Gasteiger partial charge is 0.238 e. The highest BCUT2D eigenvalue weighted by Crippen LogP contribution is 2.54. The molecule has 8 rings (SSSR count). The molecule has 8 nitrogen and oxygen atoms in total. The Morgan fingerprint density at radius 2 is 0.769 bits per heavy atom. The van der Waals surface area contributed by atoms with Gasteiger partial charge in [-0.25, -0.2) is 8.42 Å². The topological polar surface area (TPSA) is 109 Å². The molecule has 0 N–H and O–H groups in total. The predicted molar refractivity (Wildman–Crippen MR) is 139 cm³/mol. The summed E-state index contributed by atoms with van der Waals surface area (Å²) in [6, 6.07) is 11.6. The number of carbonyl (C=O) groups is 4. The van der Waals surface area contributed by atoms with Crippen LogP contribution in [0.25, 0.3) is 0 Å². The van der Waals surface area contributed by atoms with Crippen LogP contribution >= 0.6 is 0 Å². The van der Waals surface area contributed by atoms with Crippen molar-refractivity contribution in [1.82, 2.24) is 0 Å². The number of benzene rings is 2. The minimum absolute atomic E-state index is 0.0190. The lowest BCUT2D eigenvalue weighted by Gasteiger charge is -2.18. The van der Waals surface area contributed by atoms with Crippen molar-refractivity contribution in [3.8, 4) is 0 Å². The molecule has 196 valence electrons. The summed E-state index contributed by atoms with van der Waals surface area (Å²) >= 11 is 0. The Hall–Kier alpha value is -3.85. The first-order valence-corrected chi connectivity index (χ1v) is 14.8. The van der Waals surface area contributed by atoms with E-state index >= 15 is 0 Å². The summed E-state index contributed by atoms with van der Waals surface area (Å²) < 4.78 is 26.7. The summed E-state index contributed by atoms with van der Waals surface area (Å²) in [4.78, 5) is 54.8. The van der Waals surface area contributed by atoms with Gasteiger partial charge in [-0.05, 0) is 85.0 Å². The number of fused-ring (bicyclic) bond motifs is 10. The summed E-state index contributed by atoms with van der Waals surface area (Å²) in [5, 5.41) is 0. The van der Waals surface area contributed by atoms with E-state index in [1.807, 2.05) is 24.3 Å². The molecule has 0 radical (unpaired) electrons. The first-order valence-electron chi connectivity index (χ1n) is 13.3. The van der Waals surface area contributed by atoms with Gasteiger partial charge in [0.2, 0.25) is 33.5 Å². The molecule has 8 atom stereocenters. The minimum atomic E-state index is -3.92. The van der Waals surface area contributed by atoms with Crippen LogP contribution < -0.4 is 9.80 Å². The van der Waals surface area contributed by atoms with Crippen LogP contribution in [0.4, 0.5) is 11.4 Å². The third kappa shape index (κ3) is 2.91. The minimum Gasteiger partial charge on any atom is -0.274 e. The zero-order chi connectivity index (χ0) is 26.8. The predicted octanol–water partition coefficient (Wildman–Crippen LogP) is 3.14. The summed E-state index contributed by atoms with van der Waals surface area (Å²) in [5.41, 5.74) is 0.737. The van der Waals surface area contributed by atoms with Gasteiger partial charge in [-0.1, -0.05) is 24.3 Å². The van der Waals surface area contributed by atoms with Crippen molar-refractivity contribution in [2.45, 2.75) is 22.6 Å². The van der Waals surface area contributed by atoms with Gasteiger partial charge in [0.1, 0.15) is 0 Å². The second kappa shape index (κ2) is 7.63. The Labute approximate surface area is 224 Å². The van der Waals surface area contributed by atoms with E-state index in [0.29, 0.717) is 11.4 Å². The monoisotopic (exact) mass is 540 g/mol. The lowest BCUT2D eigenvalue weighted by atomic mass is 9.85. The highest BCUT2D eigenvalue weighted by Gasteiger charge is 2.60. The maximum absolute atomic E-state index is 13.4. The van der Waals surface area contributed by atoms with Crippen LogP contribution in [0.15, 0.2) is 82.6 Å². The standard InChI is InChI=1S/C30H24N2O6S/c33-27-23-15-1-2-16(13-15)24(23)28(34)31(27)19-5-9-21(10-6-19)39(37,38)22-11-7-20(8-12-22)32-29(35)25-17-3-4-18(14-17)26(25)30(32)36/h1-12,15-18,23-26H,13-14H2/t15-,16-,17-,18-,23-,24+,25-,26+/m0/s1. The Balaban J connectivity index is 1.03. The molecule has 4 aliphatic carbocycles. The van der Waals surface area contributed by atoms with Crippen molar-refractivity contribution in [2.75, 3.05) is 9.80 Å². The fraction of sp³-hybridized carbons (Fsp3) is 0.333. The molecular formula is C30H24N2O6S. The molecule has 39 heavy (non-hydrogen) atoms. The fourth-order valence-electron chi connectivity index (χ4n) is 8.00. The zero-order valence-electron chi connectivity index (χ0n) is 20.7. The molecule has 2 heterocycles. The molecule has 2 aliphatic heterocycles. The van der Waals surface area contributed by atoms with Gasteiger partial charge in [-0.2, -0.15) is 0 Å². The van der Waals surface area contributed by atoms with E-state index in [1.165, 1.54) is 58.3 Å². The zero-order valence-corrected chi connectivity index (χ0v) is 21.5. The Morgan fingerprint density at radius 3 is 1.05 bits per heavy atom. The van der Waals surface area contributed by atoms with Crippen molar-refractivity contribution in [3.63, 3.8) is 0 Å². The quantitative estimate of drug-likeness (QED) is 0.436. The Morgan fingerprint density at radius 1 is 0.487 bits per heavy atom. The van der Waals surface area contributed by atoms with Gasteiger partial charge in [-0.3, -0.25) is 29.0 Å². The van der Waals surface area contributed by atoms with Gasteiger partial charge in [0, 0.05) is 0 Å². The number of rotatable bonds is 4. The number of hydrogen-bond acceptors (Lipinski definition) is 6. The first-order chi connectivity index (χ1) is 18.8. The van der Waals surface area contributed by atoms with Gasteiger partial charge in [0.05, 0.1) is 44.8 Å². The second-order valence-corrected chi connectivity index (χ2v) is 13.5. The van der Waals surface area contributed by atoms with Crippen LogP contribution in [0.2, 0.25) is 0 Å². The molecule has 0 unspecified atom stereocenters. The number of nitrogens with zero attached hydrogens (tertiary/aromatic N) is 2. The van der Waals surface area contributed by atoms with E-state index < -0.39 is 9.84 Å². The van der Waals surface area contributed by atoms with Crippen molar-refractivity contribution in [3.05, 3.63) is 72.8 Å². The lowest BCUT2D eigenvalue weighted by molar-refractivity contribution is -0.124. The maximum atomic E-state index is 13.4. The van der Waals surface area contributed by atoms with Gasteiger partial charge < -0.3 is 0 Å². The number of imide groups is 2. The molecule has 6 aliphatic rings. The van der Waals surface area contributed by atoms with E-state index in [2.05, 4.69) is 0 Å². The van der Waals surface area contributed by atoms with Gasteiger partial charge >= 0.3 is 0 Å². The summed E-state index contributed by atoms with van der Waals surface area (Å²) in [7, 11) is -3.92. The highest BCUT2D eigenvalue weighted by atomic mass is 32.2. The highest BCUT2D eigenvalue weighted by molar-refractivity contribution is 7.91. The van der Waals surface area contributed by atoms with Crippen molar-refractivity contribution >= 4 is 44.8 Å². The number of anilines is 2. The maximum Gasteiger partial charge on any atom is 0.238 e. The Bertz CT molecular complexity index is 1480. The summed E-state index contributed by atoms with van der Waals surface area (Å²) in [5.74, 6) is -1.77. The molecule has 9 heteroatoms. The lowest BCUT2D eigenvalue weighted by Crippen LogP contribution is -2.32. The third-order valence-corrected chi connectivity index (χ3v) is 11.5. The molecule has 0 spiro atoms. The van der Waals surface area contributed by atoms with Crippen molar-refractivity contribution in [2.24, 2.45) is 47.3 Å². The average molecular weight is 541 g/mol. The van der Waals surface area contributed by atoms with Crippen molar-refractivity contribution in [1.29, 1.82) is 0 Å². The van der Waals surface area contributed by atoms with Crippen LogP contribution in [0, 0.1) is 47.3 Å². The van der Waals surface area contributed by atoms with Crippen LogP contribution in [0.3, 0.4) is 0 Å². The molecular weight excluding hydrogens is 516 g/mol. The summed E-state index contributed by atoms with van der Waals surface area (Å²) in [6.07, 6.45) is 9.81.